The summed E-state index contributed by atoms with van der Waals surface area (Å²) in [4.78, 5) is 0. The average molecular weight is 479 g/mol. The Morgan fingerprint density at radius 2 is 1.53 bits per heavy atom. The van der Waals surface area contributed by atoms with E-state index in [1.807, 2.05) is 0 Å². The van der Waals surface area contributed by atoms with Crippen molar-refractivity contribution in [1.29, 1.82) is 0 Å². The summed E-state index contributed by atoms with van der Waals surface area (Å²) in [7, 11) is 0. The minimum atomic E-state index is -0.131. The van der Waals surface area contributed by atoms with Gasteiger partial charge in [-0.25, -0.2) is 5.43 Å². The van der Waals surface area contributed by atoms with Gasteiger partial charge in [0.2, 0.25) is 0 Å². The van der Waals surface area contributed by atoms with Crippen molar-refractivity contribution in [1.82, 2.24) is 14.9 Å². The van der Waals surface area contributed by atoms with Crippen molar-refractivity contribution in [3.63, 3.8) is 0 Å². The molecule has 12 heteroatoms. The van der Waals surface area contributed by atoms with Crippen molar-refractivity contribution in [2.24, 2.45) is 10.2 Å². The Balaban J connectivity index is 1.74. The second-order valence-electron chi connectivity index (χ2n) is 6.18. The average Bonchev–Trinajstić information content (AvgIpc) is 3.21. The lowest BCUT2D eigenvalue weighted by Gasteiger charge is -2.08. The first kappa shape index (κ1) is 23.2. The Hall–Kier alpha value is -3.50. The lowest BCUT2D eigenvalue weighted by molar-refractivity contribution is 0.318. The highest BCUT2D eigenvalue weighted by molar-refractivity contribution is 6.32. The van der Waals surface area contributed by atoms with Crippen molar-refractivity contribution < 1.29 is 19.7 Å². The maximum Gasteiger partial charge on any atom is 0.265 e. The van der Waals surface area contributed by atoms with E-state index in [9.17, 15) is 10.2 Å². The van der Waals surface area contributed by atoms with Gasteiger partial charge < -0.3 is 19.7 Å². The van der Waals surface area contributed by atoms with Gasteiger partial charge >= 0.3 is 0 Å². The number of hydrogen-bond acceptors (Lipinski definition) is 9. The van der Waals surface area contributed by atoms with E-state index in [4.69, 9.17) is 32.7 Å². The minimum absolute atomic E-state index is 0.130. The van der Waals surface area contributed by atoms with Crippen LogP contribution in [-0.2, 0) is 0 Å². The monoisotopic (exact) mass is 478 g/mol. The molecule has 1 aromatic heterocycles. The van der Waals surface area contributed by atoms with Crippen molar-refractivity contribution >= 4 is 41.6 Å². The number of benzene rings is 2. The third-order valence-corrected chi connectivity index (χ3v) is 4.52. The van der Waals surface area contributed by atoms with Crippen LogP contribution in [0.1, 0.15) is 25.0 Å². The molecule has 0 aliphatic heterocycles. The lowest BCUT2D eigenvalue weighted by Crippen LogP contribution is -2.00. The van der Waals surface area contributed by atoms with Gasteiger partial charge in [0, 0.05) is 0 Å². The Labute approximate surface area is 193 Å². The van der Waals surface area contributed by atoms with Crippen molar-refractivity contribution in [3.8, 4) is 23.0 Å². The molecule has 3 aromatic rings. The van der Waals surface area contributed by atoms with Crippen LogP contribution in [0.25, 0.3) is 0 Å². The normalized spacial score (nSPS) is 11.4. The number of halogens is 2. The predicted octanol–water partition coefficient (Wildman–Crippen LogP) is 4.12. The number of anilines is 1. The molecule has 168 valence electrons. The fraction of sp³-hybridized carbons (Fsp3) is 0.200. The van der Waals surface area contributed by atoms with E-state index < -0.39 is 0 Å². The van der Waals surface area contributed by atoms with E-state index in [1.165, 1.54) is 29.5 Å². The lowest BCUT2D eigenvalue weighted by atomic mass is 10.2. The molecule has 0 amide bonds. The van der Waals surface area contributed by atoms with Gasteiger partial charge in [0.05, 0.1) is 35.7 Å². The molecule has 10 nitrogen and oxygen atoms in total. The van der Waals surface area contributed by atoms with Gasteiger partial charge in [-0.2, -0.15) is 14.9 Å². The number of aromatic nitrogens is 3. The molecule has 1 heterocycles. The van der Waals surface area contributed by atoms with Gasteiger partial charge in [-0.05, 0) is 49.2 Å². The molecule has 0 unspecified atom stereocenters. The smallest absolute Gasteiger partial charge is 0.265 e. The largest absolute Gasteiger partial charge is 0.503 e. The summed E-state index contributed by atoms with van der Waals surface area (Å²) >= 11 is 12.1. The Bertz CT molecular complexity index is 1150. The second kappa shape index (κ2) is 10.7. The van der Waals surface area contributed by atoms with E-state index in [1.54, 1.807) is 32.0 Å². The van der Waals surface area contributed by atoms with Crippen LogP contribution < -0.4 is 14.9 Å². The van der Waals surface area contributed by atoms with E-state index in [0.717, 1.165) is 0 Å². The van der Waals surface area contributed by atoms with Gasteiger partial charge in [0.1, 0.15) is 6.33 Å². The first-order valence-corrected chi connectivity index (χ1v) is 10.2. The first-order chi connectivity index (χ1) is 15.4. The fourth-order valence-corrected chi connectivity index (χ4v) is 2.99. The highest BCUT2D eigenvalue weighted by atomic mass is 35.5. The molecule has 0 saturated heterocycles. The predicted molar refractivity (Wildman–Crippen MR) is 123 cm³/mol. The first-order valence-electron chi connectivity index (χ1n) is 9.47. The van der Waals surface area contributed by atoms with Gasteiger partial charge in [0.15, 0.2) is 23.0 Å². The zero-order chi connectivity index (χ0) is 23.1. The SMILES string of the molecule is CCOc1cc(C=NNc2nncn2/N=C\c2cc(Cl)c(O)c(OCC)c2)cc(Cl)c1O. The van der Waals surface area contributed by atoms with E-state index in [2.05, 4.69) is 25.8 Å². The van der Waals surface area contributed by atoms with Crippen LogP contribution >= 0.6 is 23.2 Å². The Morgan fingerprint density at radius 3 is 2.09 bits per heavy atom. The molecule has 0 aliphatic rings. The van der Waals surface area contributed by atoms with Crippen LogP contribution in [0.2, 0.25) is 10.0 Å². The third-order valence-electron chi connectivity index (χ3n) is 3.94. The van der Waals surface area contributed by atoms with Crippen LogP contribution in [0.15, 0.2) is 40.8 Å². The summed E-state index contributed by atoms with van der Waals surface area (Å²) in [6.45, 7) is 4.35. The van der Waals surface area contributed by atoms with Crippen LogP contribution in [0.4, 0.5) is 5.95 Å². The van der Waals surface area contributed by atoms with E-state index in [-0.39, 0.29) is 39.0 Å². The van der Waals surface area contributed by atoms with Crippen molar-refractivity contribution in [2.75, 3.05) is 18.6 Å². The number of phenolic OH excluding ortho intramolecular Hbond substituents is 2. The standard InChI is InChI=1S/C20H20Cl2N6O4/c1-3-31-16-7-12(5-14(21)18(16)29)9-23-26-20-27-24-11-28(20)25-10-13-6-15(22)19(30)17(8-13)32-4-2/h5-11,29-30H,3-4H2,1-2H3,(H,26,27)/b23-9?,25-10-. The molecule has 0 spiro atoms. The van der Waals surface area contributed by atoms with Gasteiger partial charge in [-0.3, -0.25) is 0 Å². The number of nitrogens with zero attached hydrogens (tertiary/aromatic N) is 5. The summed E-state index contributed by atoms with van der Waals surface area (Å²) in [6, 6.07) is 6.29. The Kier molecular flexibility index (Phi) is 7.74. The van der Waals surface area contributed by atoms with Gasteiger partial charge in [0.25, 0.3) is 5.95 Å². The summed E-state index contributed by atoms with van der Waals surface area (Å²) < 4.78 is 12.1. The topological polar surface area (TPSA) is 126 Å². The van der Waals surface area contributed by atoms with Crippen LogP contribution in [0.5, 0.6) is 23.0 Å². The highest BCUT2D eigenvalue weighted by Crippen LogP contribution is 2.35. The highest BCUT2D eigenvalue weighted by Gasteiger charge is 2.10. The van der Waals surface area contributed by atoms with Crippen LogP contribution in [0.3, 0.4) is 0 Å². The quantitative estimate of drug-likeness (QED) is 0.311. The van der Waals surface area contributed by atoms with Crippen molar-refractivity contribution in [3.05, 3.63) is 51.8 Å². The number of aromatic hydroxyl groups is 2. The summed E-state index contributed by atoms with van der Waals surface area (Å²) in [5.74, 6) is 0.491. The molecule has 3 N–H and O–H groups in total. The number of ether oxygens (including phenoxy) is 2. The zero-order valence-corrected chi connectivity index (χ0v) is 18.7. The van der Waals surface area contributed by atoms with E-state index in [0.29, 0.717) is 24.3 Å². The Morgan fingerprint density at radius 1 is 0.969 bits per heavy atom. The molecule has 3 rings (SSSR count). The molecular formula is C20H20Cl2N6O4. The van der Waals surface area contributed by atoms with E-state index >= 15 is 0 Å². The van der Waals surface area contributed by atoms with Gasteiger partial charge in [-0.1, -0.05) is 23.2 Å². The molecule has 2 aromatic carbocycles. The minimum Gasteiger partial charge on any atom is -0.503 e. The number of rotatable bonds is 9. The molecule has 0 atom stereocenters. The maximum atomic E-state index is 9.94. The second-order valence-corrected chi connectivity index (χ2v) is 6.99. The molecule has 0 radical (unpaired) electrons. The number of nitrogens with one attached hydrogen (secondary N) is 1. The number of phenols is 2. The molecule has 32 heavy (non-hydrogen) atoms. The number of hydrogen-bond donors (Lipinski definition) is 3. The molecule has 0 aliphatic carbocycles. The zero-order valence-electron chi connectivity index (χ0n) is 17.2. The third kappa shape index (κ3) is 5.59. The summed E-state index contributed by atoms with van der Waals surface area (Å²) in [5.41, 5.74) is 3.92. The summed E-state index contributed by atoms with van der Waals surface area (Å²) in [5, 5.41) is 36.2. The van der Waals surface area contributed by atoms with Gasteiger partial charge in [-0.15, -0.1) is 10.2 Å². The van der Waals surface area contributed by atoms with Crippen molar-refractivity contribution in [2.45, 2.75) is 13.8 Å². The van der Waals surface area contributed by atoms with Crippen LogP contribution in [0, 0.1) is 0 Å². The van der Waals surface area contributed by atoms with Crippen LogP contribution in [-0.4, -0.2) is 50.7 Å². The maximum absolute atomic E-state index is 9.94. The fourth-order valence-electron chi connectivity index (χ4n) is 2.55. The molecule has 0 saturated carbocycles. The number of hydrazone groups is 1. The molecular weight excluding hydrogens is 459 g/mol. The molecule has 0 fully saturated rings. The summed E-state index contributed by atoms with van der Waals surface area (Å²) in [6.07, 6.45) is 4.36. The molecule has 0 bridgehead atoms.